The lowest BCUT2D eigenvalue weighted by atomic mass is 10.0. The number of benzene rings is 1. The molecule has 0 saturated heterocycles. The molecule has 2 aromatic rings. The summed E-state index contributed by atoms with van der Waals surface area (Å²) in [6.45, 7) is 0. The van der Waals surface area contributed by atoms with Crippen LogP contribution in [-0.4, -0.2) is 12.0 Å². The molecule has 1 unspecified atom stereocenters. The number of aromatic nitrogens is 1. The van der Waals surface area contributed by atoms with Gasteiger partial charge in [-0.3, -0.25) is 4.98 Å². The van der Waals surface area contributed by atoms with Gasteiger partial charge >= 0.3 is 0 Å². The molecular formula is C14H13F3N2. The van der Waals surface area contributed by atoms with Gasteiger partial charge in [-0.25, -0.2) is 13.2 Å². The fourth-order valence-electron chi connectivity index (χ4n) is 1.90. The number of likely N-dealkylation sites (N-methyl/N-ethyl adjacent to an activating group) is 1. The van der Waals surface area contributed by atoms with Gasteiger partial charge in [0, 0.05) is 12.3 Å². The van der Waals surface area contributed by atoms with Crippen molar-refractivity contribution in [1.29, 1.82) is 0 Å². The number of pyridine rings is 1. The molecule has 1 N–H and O–H groups in total. The van der Waals surface area contributed by atoms with Gasteiger partial charge in [-0.05, 0) is 37.2 Å². The molecule has 0 bridgehead atoms. The lowest BCUT2D eigenvalue weighted by Crippen LogP contribution is -2.21. The van der Waals surface area contributed by atoms with Gasteiger partial charge in [-0.1, -0.05) is 6.07 Å². The van der Waals surface area contributed by atoms with Gasteiger partial charge in [0.25, 0.3) is 0 Å². The van der Waals surface area contributed by atoms with E-state index in [4.69, 9.17) is 0 Å². The number of hydrogen-bond acceptors (Lipinski definition) is 2. The van der Waals surface area contributed by atoms with Crippen molar-refractivity contribution < 1.29 is 13.2 Å². The van der Waals surface area contributed by atoms with Gasteiger partial charge in [-0.2, -0.15) is 0 Å². The van der Waals surface area contributed by atoms with E-state index in [-0.39, 0.29) is 12.1 Å². The maximum Gasteiger partial charge on any atom is 0.146 e. The Labute approximate surface area is 109 Å². The fraction of sp³-hybridized carbons (Fsp3) is 0.214. The van der Waals surface area contributed by atoms with Crippen LogP contribution >= 0.6 is 0 Å². The number of hydrogen-bond donors (Lipinski definition) is 1. The average Bonchev–Trinajstić information content (AvgIpc) is 2.39. The first-order valence-electron chi connectivity index (χ1n) is 5.83. The third-order valence-corrected chi connectivity index (χ3v) is 2.90. The molecule has 0 spiro atoms. The SMILES string of the molecule is CNC(Cc1ccc(F)cc1F)c1ncccc1F. The zero-order valence-electron chi connectivity index (χ0n) is 10.3. The van der Waals surface area contributed by atoms with Crippen LogP contribution in [0.25, 0.3) is 0 Å². The van der Waals surface area contributed by atoms with E-state index in [0.29, 0.717) is 5.56 Å². The first-order chi connectivity index (χ1) is 9.11. The quantitative estimate of drug-likeness (QED) is 0.920. The Balaban J connectivity index is 2.27. The summed E-state index contributed by atoms with van der Waals surface area (Å²) in [7, 11) is 1.64. The van der Waals surface area contributed by atoms with Gasteiger partial charge in [-0.15, -0.1) is 0 Å². The molecule has 0 fully saturated rings. The second-order valence-electron chi connectivity index (χ2n) is 4.15. The monoisotopic (exact) mass is 266 g/mol. The van der Waals surface area contributed by atoms with Crippen LogP contribution in [0.3, 0.4) is 0 Å². The molecule has 0 aliphatic rings. The van der Waals surface area contributed by atoms with E-state index in [1.54, 1.807) is 7.05 Å². The molecule has 2 nitrogen and oxygen atoms in total. The summed E-state index contributed by atoms with van der Waals surface area (Å²) in [6, 6.07) is 5.67. The van der Waals surface area contributed by atoms with Crippen molar-refractivity contribution in [3.8, 4) is 0 Å². The maximum atomic E-state index is 13.6. The molecule has 1 heterocycles. The van der Waals surface area contributed by atoms with Gasteiger partial charge < -0.3 is 5.32 Å². The smallest absolute Gasteiger partial charge is 0.146 e. The van der Waals surface area contributed by atoms with Crippen molar-refractivity contribution in [2.75, 3.05) is 7.05 Å². The van der Waals surface area contributed by atoms with E-state index in [9.17, 15) is 13.2 Å². The molecule has 2 rings (SSSR count). The van der Waals surface area contributed by atoms with Crippen LogP contribution in [-0.2, 0) is 6.42 Å². The summed E-state index contributed by atoms with van der Waals surface area (Å²) in [5.41, 5.74) is 0.527. The predicted octanol–water partition coefficient (Wildman–Crippen LogP) is 3.00. The normalized spacial score (nSPS) is 12.4. The molecule has 0 aliphatic carbocycles. The lowest BCUT2D eigenvalue weighted by Gasteiger charge is -2.16. The van der Waals surface area contributed by atoms with Gasteiger partial charge in [0.05, 0.1) is 11.7 Å². The van der Waals surface area contributed by atoms with Crippen LogP contribution in [0.2, 0.25) is 0 Å². The second-order valence-corrected chi connectivity index (χ2v) is 4.15. The van der Waals surface area contributed by atoms with Crippen molar-refractivity contribution in [3.05, 3.63) is 65.2 Å². The number of nitrogens with zero attached hydrogens (tertiary/aromatic N) is 1. The van der Waals surface area contributed by atoms with Crippen LogP contribution in [0.4, 0.5) is 13.2 Å². The zero-order chi connectivity index (χ0) is 13.8. The molecule has 1 aromatic carbocycles. The molecule has 0 aliphatic heterocycles. The molecular weight excluding hydrogens is 253 g/mol. The fourth-order valence-corrected chi connectivity index (χ4v) is 1.90. The summed E-state index contributed by atoms with van der Waals surface area (Å²) < 4.78 is 40.0. The Morgan fingerprint density at radius 2 is 1.95 bits per heavy atom. The zero-order valence-corrected chi connectivity index (χ0v) is 10.3. The highest BCUT2D eigenvalue weighted by molar-refractivity contribution is 5.22. The third kappa shape index (κ3) is 3.12. The molecule has 0 radical (unpaired) electrons. The summed E-state index contributed by atoms with van der Waals surface area (Å²) in [4.78, 5) is 3.96. The molecule has 1 atom stereocenters. The maximum absolute atomic E-state index is 13.6. The highest BCUT2D eigenvalue weighted by atomic mass is 19.1. The van der Waals surface area contributed by atoms with Crippen LogP contribution in [0.5, 0.6) is 0 Å². The number of halogens is 3. The largest absolute Gasteiger partial charge is 0.311 e. The molecule has 0 amide bonds. The van der Waals surface area contributed by atoms with Crippen LogP contribution in [0, 0.1) is 17.5 Å². The van der Waals surface area contributed by atoms with Crippen molar-refractivity contribution in [2.24, 2.45) is 0 Å². The van der Waals surface area contributed by atoms with Gasteiger partial charge in [0.2, 0.25) is 0 Å². The first kappa shape index (κ1) is 13.5. The molecule has 1 aromatic heterocycles. The Bertz CT molecular complexity index is 572. The van der Waals surface area contributed by atoms with Crippen molar-refractivity contribution in [3.63, 3.8) is 0 Å². The Morgan fingerprint density at radius 3 is 2.58 bits per heavy atom. The van der Waals surface area contributed by atoms with E-state index < -0.39 is 23.5 Å². The number of rotatable bonds is 4. The van der Waals surface area contributed by atoms with Crippen LogP contribution in [0.15, 0.2) is 36.5 Å². The van der Waals surface area contributed by atoms with Gasteiger partial charge in [0.1, 0.15) is 17.5 Å². The first-order valence-corrected chi connectivity index (χ1v) is 5.83. The van der Waals surface area contributed by atoms with Crippen molar-refractivity contribution in [2.45, 2.75) is 12.5 Å². The highest BCUT2D eigenvalue weighted by Gasteiger charge is 2.17. The minimum Gasteiger partial charge on any atom is -0.311 e. The predicted molar refractivity (Wildman–Crippen MR) is 66.1 cm³/mol. The van der Waals surface area contributed by atoms with E-state index in [2.05, 4.69) is 10.3 Å². The third-order valence-electron chi connectivity index (χ3n) is 2.90. The molecule has 19 heavy (non-hydrogen) atoms. The standard InChI is InChI=1S/C14H13F3N2/c1-18-13(14-11(16)3-2-6-19-14)7-9-4-5-10(15)8-12(9)17/h2-6,8,13,18H,7H2,1H3. The van der Waals surface area contributed by atoms with E-state index in [1.165, 1.54) is 30.5 Å². The molecule has 100 valence electrons. The van der Waals surface area contributed by atoms with E-state index in [0.717, 1.165) is 6.07 Å². The van der Waals surface area contributed by atoms with Crippen LogP contribution < -0.4 is 5.32 Å². The molecule has 0 saturated carbocycles. The number of nitrogens with one attached hydrogen (secondary N) is 1. The van der Waals surface area contributed by atoms with Crippen molar-refractivity contribution in [1.82, 2.24) is 10.3 Å². The summed E-state index contributed by atoms with van der Waals surface area (Å²) in [5, 5.41) is 2.89. The summed E-state index contributed by atoms with van der Waals surface area (Å²) in [6.07, 6.45) is 1.67. The Hall–Kier alpha value is -1.88. The topological polar surface area (TPSA) is 24.9 Å². The van der Waals surface area contributed by atoms with Crippen molar-refractivity contribution >= 4 is 0 Å². The minimum absolute atomic E-state index is 0.191. The summed E-state index contributed by atoms with van der Waals surface area (Å²) >= 11 is 0. The highest BCUT2D eigenvalue weighted by Crippen LogP contribution is 2.20. The van der Waals surface area contributed by atoms with Gasteiger partial charge in [0.15, 0.2) is 0 Å². The minimum atomic E-state index is -0.642. The Morgan fingerprint density at radius 1 is 1.16 bits per heavy atom. The van der Waals surface area contributed by atoms with E-state index in [1.807, 2.05) is 0 Å². The average molecular weight is 266 g/mol. The summed E-state index contributed by atoms with van der Waals surface area (Å²) in [5.74, 6) is -1.73. The lowest BCUT2D eigenvalue weighted by molar-refractivity contribution is 0.501. The van der Waals surface area contributed by atoms with E-state index >= 15 is 0 Å². The second kappa shape index (κ2) is 5.84. The van der Waals surface area contributed by atoms with Crippen LogP contribution in [0.1, 0.15) is 17.3 Å². The Kier molecular flexibility index (Phi) is 4.16. The molecule has 5 heteroatoms.